The molecule has 4 bridgehead atoms. The number of carbonyl (C=O) groups is 2. The van der Waals surface area contributed by atoms with E-state index in [0.717, 1.165) is 6.42 Å². The summed E-state index contributed by atoms with van der Waals surface area (Å²) in [6.07, 6.45) is 0.150. The van der Waals surface area contributed by atoms with Gasteiger partial charge in [0.15, 0.2) is 0 Å². The van der Waals surface area contributed by atoms with E-state index in [-0.39, 0.29) is 35.0 Å². The van der Waals surface area contributed by atoms with Crippen molar-refractivity contribution in [2.75, 3.05) is 0 Å². The van der Waals surface area contributed by atoms with Crippen LogP contribution in [0.5, 0.6) is 0 Å². The van der Waals surface area contributed by atoms with Gasteiger partial charge in [-0.2, -0.15) is 0 Å². The highest BCUT2D eigenvalue weighted by atomic mass is 32.2. The number of fused-ring (bicyclic) bond motifs is 2. The predicted molar refractivity (Wildman–Crippen MR) is 80.2 cm³/mol. The summed E-state index contributed by atoms with van der Waals surface area (Å²) in [6.45, 7) is 0. The standard InChI is InChI=1S/C16H19NO7S/c18-12-6-3-7-10(16(20)24-14(7)12)9(6)15(19)23-13-4-1-5-8(2-4)25(21,22)17-11(5)13/h4-14,17-18H,1-3H2. The second-order valence-corrected chi connectivity index (χ2v) is 10.5. The zero-order valence-electron chi connectivity index (χ0n) is 13.3. The zero-order chi connectivity index (χ0) is 17.2. The largest absolute Gasteiger partial charge is 0.460 e. The molecule has 11 unspecified atom stereocenters. The number of hydrogen-bond donors (Lipinski definition) is 2. The van der Waals surface area contributed by atoms with Crippen LogP contribution >= 0.6 is 0 Å². The molecule has 25 heavy (non-hydrogen) atoms. The van der Waals surface area contributed by atoms with Crippen LogP contribution in [0.4, 0.5) is 0 Å². The van der Waals surface area contributed by atoms with Gasteiger partial charge < -0.3 is 14.6 Å². The maximum absolute atomic E-state index is 12.9. The van der Waals surface area contributed by atoms with Crippen LogP contribution in [0.1, 0.15) is 19.3 Å². The molecular formula is C16H19NO7S. The lowest BCUT2D eigenvalue weighted by atomic mass is 9.78. The summed E-state index contributed by atoms with van der Waals surface area (Å²) in [4.78, 5) is 25.0. The van der Waals surface area contributed by atoms with Crippen molar-refractivity contribution in [1.29, 1.82) is 0 Å². The Morgan fingerprint density at radius 3 is 2.80 bits per heavy atom. The Morgan fingerprint density at radius 1 is 1.20 bits per heavy atom. The van der Waals surface area contributed by atoms with Gasteiger partial charge in [-0.3, -0.25) is 9.59 Å². The van der Waals surface area contributed by atoms with Crippen molar-refractivity contribution in [3.05, 3.63) is 0 Å². The van der Waals surface area contributed by atoms with Gasteiger partial charge in [-0.1, -0.05) is 0 Å². The van der Waals surface area contributed by atoms with Gasteiger partial charge >= 0.3 is 11.9 Å². The fourth-order valence-electron chi connectivity index (χ4n) is 6.76. The van der Waals surface area contributed by atoms with Crippen molar-refractivity contribution in [3.8, 4) is 0 Å². The molecule has 11 atom stereocenters. The lowest BCUT2D eigenvalue weighted by molar-refractivity contribution is -0.164. The van der Waals surface area contributed by atoms with Crippen LogP contribution in [-0.2, 0) is 29.1 Å². The average molecular weight is 369 g/mol. The van der Waals surface area contributed by atoms with Crippen LogP contribution in [0.3, 0.4) is 0 Å². The minimum atomic E-state index is -3.31. The van der Waals surface area contributed by atoms with E-state index in [9.17, 15) is 23.1 Å². The predicted octanol–water partition coefficient (Wildman–Crippen LogP) is -1.22. The van der Waals surface area contributed by atoms with Gasteiger partial charge in [0.1, 0.15) is 12.2 Å². The Hall–Kier alpha value is -1.19. The molecule has 2 aliphatic heterocycles. The molecule has 6 fully saturated rings. The van der Waals surface area contributed by atoms with E-state index >= 15 is 0 Å². The molecule has 0 amide bonds. The van der Waals surface area contributed by atoms with E-state index in [0.29, 0.717) is 12.8 Å². The number of hydrogen-bond acceptors (Lipinski definition) is 7. The molecule has 4 aliphatic carbocycles. The van der Waals surface area contributed by atoms with Crippen molar-refractivity contribution in [1.82, 2.24) is 4.72 Å². The highest BCUT2D eigenvalue weighted by Gasteiger charge is 2.70. The van der Waals surface area contributed by atoms with E-state index in [1.807, 2.05) is 0 Å². The number of aliphatic hydroxyl groups is 1. The Labute approximate surface area is 144 Å². The van der Waals surface area contributed by atoms with Crippen molar-refractivity contribution in [2.24, 2.45) is 35.5 Å². The van der Waals surface area contributed by atoms with E-state index < -0.39 is 52.1 Å². The summed E-state index contributed by atoms with van der Waals surface area (Å²) < 4.78 is 37.9. The van der Waals surface area contributed by atoms with Gasteiger partial charge in [-0.15, -0.1) is 0 Å². The SMILES string of the molecule is O=C(OC1C2CC3C1NS(=O)(=O)C3C2)C1C2CC3C(OC(=O)C31)C2O. The molecule has 0 aromatic rings. The minimum Gasteiger partial charge on any atom is -0.460 e. The van der Waals surface area contributed by atoms with Gasteiger partial charge in [0.05, 0.1) is 29.2 Å². The van der Waals surface area contributed by atoms with E-state index in [1.165, 1.54) is 0 Å². The smallest absolute Gasteiger partial charge is 0.310 e. The first-order valence-corrected chi connectivity index (χ1v) is 10.5. The Balaban J connectivity index is 1.26. The van der Waals surface area contributed by atoms with Gasteiger partial charge in [-0.25, -0.2) is 13.1 Å². The summed E-state index contributed by atoms with van der Waals surface area (Å²) in [5, 5.41) is 9.95. The van der Waals surface area contributed by atoms with Crippen molar-refractivity contribution < 1.29 is 32.6 Å². The highest BCUT2D eigenvalue weighted by molar-refractivity contribution is 7.90. The van der Waals surface area contributed by atoms with Crippen molar-refractivity contribution in [3.63, 3.8) is 0 Å². The summed E-state index contributed by atoms with van der Waals surface area (Å²) in [6, 6.07) is -0.343. The molecule has 136 valence electrons. The summed E-state index contributed by atoms with van der Waals surface area (Å²) in [5.74, 6) is -2.40. The average Bonchev–Trinajstić information content (AvgIpc) is 3.30. The van der Waals surface area contributed by atoms with Gasteiger partial charge in [-0.05, 0) is 31.1 Å². The third kappa shape index (κ3) is 1.63. The number of aliphatic hydroxyl groups excluding tert-OH is 1. The van der Waals surface area contributed by atoms with Crippen LogP contribution in [-0.4, -0.2) is 55.1 Å². The second kappa shape index (κ2) is 4.37. The van der Waals surface area contributed by atoms with Crippen molar-refractivity contribution >= 4 is 22.0 Å². The Bertz CT molecular complexity index is 796. The molecule has 0 aromatic heterocycles. The number of nitrogens with one attached hydrogen (secondary N) is 1. The number of sulfonamides is 1. The molecular weight excluding hydrogens is 350 g/mol. The lowest BCUT2D eigenvalue weighted by Gasteiger charge is -2.31. The molecule has 6 rings (SSSR count). The molecule has 2 saturated heterocycles. The number of rotatable bonds is 2. The van der Waals surface area contributed by atoms with E-state index in [1.54, 1.807) is 0 Å². The highest BCUT2D eigenvalue weighted by Crippen LogP contribution is 2.59. The van der Waals surface area contributed by atoms with E-state index in [2.05, 4.69) is 4.72 Å². The van der Waals surface area contributed by atoms with E-state index in [4.69, 9.17) is 9.47 Å². The van der Waals surface area contributed by atoms with Gasteiger partial charge in [0.25, 0.3) is 0 Å². The fraction of sp³-hybridized carbons (Fsp3) is 0.875. The molecule has 9 heteroatoms. The quantitative estimate of drug-likeness (QED) is 0.585. The Kier molecular flexibility index (Phi) is 2.61. The van der Waals surface area contributed by atoms with Crippen LogP contribution in [0, 0.1) is 35.5 Å². The Morgan fingerprint density at radius 2 is 2.00 bits per heavy atom. The molecule has 4 saturated carbocycles. The van der Waals surface area contributed by atoms with Gasteiger partial charge in [0, 0.05) is 11.8 Å². The maximum atomic E-state index is 12.9. The lowest BCUT2D eigenvalue weighted by Crippen LogP contribution is -2.46. The molecule has 2 heterocycles. The molecule has 6 aliphatic rings. The van der Waals surface area contributed by atoms with Crippen molar-refractivity contribution in [2.45, 2.75) is 48.9 Å². The summed E-state index contributed by atoms with van der Waals surface area (Å²) in [7, 11) is -3.31. The van der Waals surface area contributed by atoms with Crippen LogP contribution < -0.4 is 4.72 Å². The molecule has 0 spiro atoms. The van der Waals surface area contributed by atoms with Gasteiger partial charge in [0.2, 0.25) is 10.0 Å². The second-order valence-electron chi connectivity index (χ2n) is 8.53. The number of esters is 2. The first kappa shape index (κ1) is 14.9. The number of ether oxygens (including phenoxy) is 2. The number of carbonyl (C=O) groups excluding carboxylic acids is 2. The molecule has 0 radical (unpaired) electrons. The third-order valence-corrected chi connectivity index (χ3v) is 9.61. The summed E-state index contributed by atoms with van der Waals surface area (Å²) in [5.41, 5.74) is 0. The normalized spacial score (nSPS) is 58.8. The molecule has 0 aromatic carbocycles. The van der Waals surface area contributed by atoms with Crippen LogP contribution in [0.2, 0.25) is 0 Å². The first-order valence-electron chi connectivity index (χ1n) is 8.97. The maximum Gasteiger partial charge on any atom is 0.310 e. The monoisotopic (exact) mass is 369 g/mol. The van der Waals surface area contributed by atoms with Crippen LogP contribution in [0.25, 0.3) is 0 Å². The third-order valence-electron chi connectivity index (χ3n) is 7.67. The molecule has 2 N–H and O–H groups in total. The van der Waals surface area contributed by atoms with Crippen LogP contribution in [0.15, 0.2) is 0 Å². The molecule has 8 nitrogen and oxygen atoms in total. The zero-order valence-corrected chi connectivity index (χ0v) is 14.1. The summed E-state index contributed by atoms with van der Waals surface area (Å²) >= 11 is 0. The first-order chi connectivity index (χ1) is 11.9. The minimum absolute atomic E-state index is 0.0132. The topological polar surface area (TPSA) is 119 Å². The fourth-order valence-corrected chi connectivity index (χ4v) is 8.87.